The van der Waals surface area contributed by atoms with Crippen molar-refractivity contribution in [2.45, 2.75) is 56.0 Å². The number of carbonyl (C=O) groups is 1. The highest BCUT2D eigenvalue weighted by atomic mass is 79.9. The van der Waals surface area contributed by atoms with Crippen LogP contribution in [0.25, 0.3) is 0 Å². The van der Waals surface area contributed by atoms with Crippen molar-refractivity contribution >= 4 is 41.2 Å². The average Bonchev–Trinajstić information content (AvgIpc) is 3.04. The summed E-state index contributed by atoms with van der Waals surface area (Å²) < 4.78 is 35.4. The van der Waals surface area contributed by atoms with E-state index in [1.54, 1.807) is 58.0 Å². The summed E-state index contributed by atoms with van der Waals surface area (Å²) in [6, 6.07) is 8.70. The lowest BCUT2D eigenvalue weighted by molar-refractivity contribution is -0.153. The van der Waals surface area contributed by atoms with E-state index in [0.717, 1.165) is 10.6 Å². The molecule has 0 spiro atoms. The molecule has 12 nitrogen and oxygen atoms in total. The molecule has 1 aliphatic heterocycles. The van der Waals surface area contributed by atoms with Gasteiger partial charge >= 0.3 is 19.4 Å². The molecule has 1 aromatic heterocycles. The number of halogens is 2. The number of para-hydroxylation sites is 1. The van der Waals surface area contributed by atoms with E-state index in [9.17, 15) is 24.1 Å². The maximum Gasteiger partial charge on any atom is 0.459 e. The van der Waals surface area contributed by atoms with E-state index in [0.29, 0.717) is 0 Å². The first kappa shape index (κ1) is 30.6. The van der Waals surface area contributed by atoms with Crippen LogP contribution in [0.15, 0.2) is 52.2 Å². The number of nitrogens with zero attached hydrogens (tertiary/aromatic N) is 1. The number of rotatable bonds is 10. The van der Waals surface area contributed by atoms with Gasteiger partial charge in [0.2, 0.25) is 0 Å². The fourth-order valence-electron chi connectivity index (χ4n) is 3.32. The Labute approximate surface area is 232 Å². The Hall–Kier alpha value is -1.99. The number of alkyl halides is 2. The molecule has 6 atom stereocenters. The number of benzene rings is 1. The van der Waals surface area contributed by atoms with Crippen LogP contribution in [-0.2, 0) is 23.4 Å². The quantitative estimate of drug-likeness (QED) is 0.201. The van der Waals surface area contributed by atoms with Gasteiger partial charge in [0.05, 0.1) is 12.0 Å². The molecule has 0 bridgehead atoms. The Bertz CT molecular complexity index is 1280. The van der Waals surface area contributed by atoms with Crippen molar-refractivity contribution in [1.29, 1.82) is 0 Å². The van der Waals surface area contributed by atoms with E-state index < -0.39 is 65.2 Å². The van der Waals surface area contributed by atoms with E-state index in [-0.39, 0.29) is 12.4 Å². The summed E-state index contributed by atoms with van der Waals surface area (Å²) in [6.07, 6.45) is -2.69. The van der Waals surface area contributed by atoms with Crippen molar-refractivity contribution in [3.05, 3.63) is 63.4 Å². The Balaban J connectivity index is 1.75. The number of H-pyrrole nitrogens is 1. The maximum absolute atomic E-state index is 13.7. The Kier molecular flexibility index (Phi) is 9.67. The third-order valence-electron chi connectivity index (χ3n) is 5.32. The number of aromatic nitrogens is 2. The van der Waals surface area contributed by atoms with Crippen molar-refractivity contribution in [1.82, 2.24) is 14.6 Å². The zero-order valence-corrected chi connectivity index (χ0v) is 24.4. The van der Waals surface area contributed by atoms with E-state index in [1.807, 2.05) is 0 Å². The molecule has 1 fully saturated rings. The third kappa shape index (κ3) is 7.56. The van der Waals surface area contributed by atoms with Gasteiger partial charge in [-0.1, -0.05) is 45.7 Å². The summed E-state index contributed by atoms with van der Waals surface area (Å²) in [5.74, 6) is -0.201. The summed E-state index contributed by atoms with van der Waals surface area (Å²) >= 11 is 9.65. The Morgan fingerprint density at radius 2 is 1.97 bits per heavy atom. The molecule has 3 rings (SSSR count). The minimum atomic E-state index is -4.13. The van der Waals surface area contributed by atoms with Gasteiger partial charge in [0, 0.05) is 18.3 Å². The zero-order chi connectivity index (χ0) is 28.3. The van der Waals surface area contributed by atoms with Crippen molar-refractivity contribution in [2.24, 2.45) is 5.41 Å². The van der Waals surface area contributed by atoms with Crippen molar-refractivity contribution in [2.75, 3.05) is 13.2 Å². The SMILES string of the molecule is C[C@@H](COC(=O)C(C)(C)C)NP(=O)(OC[C@H]1O[C@@H](n2ccc(=O)[nH]c2=O)[C@](Cl)(Br)[C@@H]1O)Oc1ccccc1. The van der Waals surface area contributed by atoms with Crippen LogP contribution in [-0.4, -0.2) is 55.9 Å². The minimum Gasteiger partial charge on any atom is -0.464 e. The molecule has 1 aromatic carbocycles. The smallest absolute Gasteiger partial charge is 0.459 e. The van der Waals surface area contributed by atoms with Gasteiger partial charge in [0.1, 0.15) is 24.6 Å². The molecule has 2 aromatic rings. The van der Waals surface area contributed by atoms with Gasteiger partial charge < -0.3 is 19.1 Å². The predicted octanol–water partition coefficient (Wildman–Crippen LogP) is 2.90. The van der Waals surface area contributed by atoms with Gasteiger partial charge in [-0.3, -0.25) is 23.7 Å². The minimum absolute atomic E-state index is 0.118. The molecule has 0 radical (unpaired) electrons. The largest absolute Gasteiger partial charge is 0.464 e. The topological polar surface area (TPSA) is 158 Å². The lowest BCUT2D eigenvalue weighted by Crippen LogP contribution is -2.41. The van der Waals surface area contributed by atoms with Crippen LogP contribution in [0, 0.1) is 5.41 Å². The summed E-state index contributed by atoms with van der Waals surface area (Å²) in [6.45, 7) is 6.17. The van der Waals surface area contributed by atoms with E-state index in [1.165, 1.54) is 6.20 Å². The normalized spacial score (nSPS) is 25.9. The molecule has 1 saturated heterocycles. The summed E-state index contributed by atoms with van der Waals surface area (Å²) in [7, 11) is -4.13. The molecule has 2 heterocycles. The van der Waals surface area contributed by atoms with Gasteiger partial charge in [-0.2, -0.15) is 0 Å². The van der Waals surface area contributed by atoms with Gasteiger partial charge in [-0.25, -0.2) is 14.4 Å². The summed E-state index contributed by atoms with van der Waals surface area (Å²) in [5.41, 5.74) is -2.14. The van der Waals surface area contributed by atoms with Crippen molar-refractivity contribution in [3.63, 3.8) is 0 Å². The van der Waals surface area contributed by atoms with Gasteiger partial charge in [0.25, 0.3) is 5.56 Å². The molecule has 1 aliphatic rings. The highest BCUT2D eigenvalue weighted by molar-refractivity contribution is 9.10. The number of hydrogen-bond donors (Lipinski definition) is 3. The number of ether oxygens (including phenoxy) is 2. The number of aliphatic hydroxyl groups excluding tert-OH is 1. The number of nitrogens with one attached hydrogen (secondary N) is 2. The summed E-state index contributed by atoms with van der Waals surface area (Å²) in [4.78, 5) is 37.9. The van der Waals surface area contributed by atoms with E-state index in [2.05, 4.69) is 26.0 Å². The molecule has 0 aliphatic carbocycles. The predicted molar refractivity (Wildman–Crippen MR) is 142 cm³/mol. The first-order valence-electron chi connectivity index (χ1n) is 11.6. The fraction of sp³-hybridized carbons (Fsp3) is 0.522. The van der Waals surface area contributed by atoms with Gasteiger partial charge in [-0.05, 0) is 39.8 Å². The molecule has 1 unspecified atom stereocenters. The fourth-order valence-corrected chi connectivity index (χ4v) is 5.78. The Morgan fingerprint density at radius 3 is 2.58 bits per heavy atom. The number of aromatic amines is 1. The molecule has 0 amide bonds. The van der Waals surface area contributed by atoms with Crippen molar-refractivity contribution < 1.29 is 33.0 Å². The highest BCUT2D eigenvalue weighted by Crippen LogP contribution is 2.50. The second-order valence-corrected chi connectivity index (χ2v) is 13.8. The highest BCUT2D eigenvalue weighted by Gasteiger charge is 2.55. The standard InChI is InChI=1S/C23H30BrClN3O9P/c1-14(12-34-20(31)22(2,3)4)27-38(33,37-15-8-6-5-7-9-15)35-13-16-18(30)23(24,25)19(36-16)28-11-10-17(29)26-21(28)32/h5-11,14,16,18-19,30H,12-13H2,1-4H3,(H,27,33)(H,26,29,32)/t14-,16+,18+,19+,23-,38?/m0/s1. The molecule has 38 heavy (non-hydrogen) atoms. The third-order valence-corrected chi connectivity index (χ3v) is 8.28. The van der Waals surface area contributed by atoms with Crippen LogP contribution >= 0.6 is 35.3 Å². The van der Waals surface area contributed by atoms with Crippen molar-refractivity contribution in [3.8, 4) is 5.75 Å². The van der Waals surface area contributed by atoms with E-state index in [4.69, 9.17) is 30.1 Å². The molecule has 3 N–H and O–H groups in total. The van der Waals surface area contributed by atoms with Gasteiger partial charge in [0.15, 0.2) is 10.0 Å². The second kappa shape index (κ2) is 12.0. The van der Waals surface area contributed by atoms with E-state index >= 15 is 0 Å². The molecule has 15 heteroatoms. The first-order chi connectivity index (χ1) is 17.6. The molecule has 0 saturated carbocycles. The molecular weight excluding hydrogens is 609 g/mol. The molecular formula is C23H30BrClN3O9P. The lowest BCUT2D eigenvalue weighted by atomic mass is 9.97. The van der Waals surface area contributed by atoms with Crippen LogP contribution in [0.4, 0.5) is 0 Å². The second-order valence-electron chi connectivity index (χ2n) is 9.74. The van der Waals surface area contributed by atoms with Crippen LogP contribution in [0.1, 0.15) is 33.9 Å². The number of aliphatic hydroxyl groups is 1. The molecule has 210 valence electrons. The first-order valence-corrected chi connectivity index (χ1v) is 14.3. The number of esters is 1. The van der Waals surface area contributed by atoms with Crippen LogP contribution in [0.2, 0.25) is 0 Å². The number of carbonyl (C=O) groups excluding carboxylic acids is 1. The van der Waals surface area contributed by atoms with Gasteiger partial charge in [-0.15, -0.1) is 0 Å². The summed E-state index contributed by atoms with van der Waals surface area (Å²) in [5, 5.41) is 13.5. The Morgan fingerprint density at radius 1 is 1.32 bits per heavy atom. The van der Waals surface area contributed by atoms with Crippen LogP contribution in [0.5, 0.6) is 5.75 Å². The number of hydrogen-bond acceptors (Lipinski definition) is 9. The maximum atomic E-state index is 13.7. The average molecular weight is 639 g/mol. The van der Waals surface area contributed by atoms with Crippen LogP contribution in [0.3, 0.4) is 0 Å². The van der Waals surface area contributed by atoms with Crippen LogP contribution < -0.4 is 20.9 Å². The zero-order valence-electron chi connectivity index (χ0n) is 21.1. The lowest BCUT2D eigenvalue weighted by Gasteiger charge is -2.26. The monoisotopic (exact) mass is 637 g/mol.